The standard InChI is InChI=1S/C11H24N2O2/c1-4-6-12-9-11(15)13(10(2)3)7-5-8-14/h10,12,14H,4-9H2,1-3H3. The molecule has 0 fully saturated rings. The summed E-state index contributed by atoms with van der Waals surface area (Å²) < 4.78 is 0. The lowest BCUT2D eigenvalue weighted by Crippen LogP contribution is -2.43. The molecule has 0 bridgehead atoms. The molecule has 0 atom stereocenters. The van der Waals surface area contributed by atoms with Crippen LogP contribution in [0.1, 0.15) is 33.6 Å². The van der Waals surface area contributed by atoms with E-state index in [0.717, 1.165) is 13.0 Å². The van der Waals surface area contributed by atoms with Crippen molar-refractivity contribution in [3.63, 3.8) is 0 Å². The van der Waals surface area contributed by atoms with E-state index in [1.54, 1.807) is 4.90 Å². The Morgan fingerprint density at radius 3 is 2.60 bits per heavy atom. The summed E-state index contributed by atoms with van der Waals surface area (Å²) in [4.78, 5) is 13.6. The molecule has 0 spiro atoms. The van der Waals surface area contributed by atoms with E-state index in [1.807, 2.05) is 13.8 Å². The highest BCUT2D eigenvalue weighted by Gasteiger charge is 2.15. The van der Waals surface area contributed by atoms with Crippen LogP contribution in [-0.4, -0.2) is 48.2 Å². The minimum atomic E-state index is 0.118. The highest BCUT2D eigenvalue weighted by Crippen LogP contribution is 2.00. The second-order valence-electron chi connectivity index (χ2n) is 3.93. The van der Waals surface area contributed by atoms with Gasteiger partial charge in [-0.15, -0.1) is 0 Å². The van der Waals surface area contributed by atoms with Crippen LogP contribution < -0.4 is 5.32 Å². The first-order valence-corrected chi connectivity index (χ1v) is 5.74. The Bertz CT molecular complexity index is 172. The first-order chi connectivity index (χ1) is 7.13. The molecule has 0 aliphatic heterocycles. The van der Waals surface area contributed by atoms with Crippen molar-refractivity contribution in [2.75, 3.05) is 26.2 Å². The zero-order valence-electron chi connectivity index (χ0n) is 10.1. The molecule has 0 saturated carbocycles. The van der Waals surface area contributed by atoms with Gasteiger partial charge >= 0.3 is 0 Å². The number of hydrogen-bond acceptors (Lipinski definition) is 3. The number of rotatable bonds is 8. The van der Waals surface area contributed by atoms with Crippen LogP contribution in [0.5, 0.6) is 0 Å². The SMILES string of the molecule is CCCNCC(=O)N(CCCO)C(C)C. The molecule has 0 aliphatic rings. The second kappa shape index (κ2) is 8.68. The molecule has 0 saturated heterocycles. The van der Waals surface area contributed by atoms with Crippen molar-refractivity contribution in [2.24, 2.45) is 0 Å². The van der Waals surface area contributed by atoms with Crippen LogP contribution in [-0.2, 0) is 4.79 Å². The van der Waals surface area contributed by atoms with E-state index in [1.165, 1.54) is 0 Å². The molecule has 0 aromatic heterocycles. The molecular formula is C11H24N2O2. The summed E-state index contributed by atoms with van der Waals surface area (Å²) >= 11 is 0. The largest absolute Gasteiger partial charge is 0.396 e. The quantitative estimate of drug-likeness (QED) is 0.584. The van der Waals surface area contributed by atoms with Gasteiger partial charge in [0.1, 0.15) is 0 Å². The van der Waals surface area contributed by atoms with Crippen molar-refractivity contribution in [1.29, 1.82) is 0 Å². The van der Waals surface area contributed by atoms with Gasteiger partial charge in [0.25, 0.3) is 0 Å². The van der Waals surface area contributed by atoms with E-state index in [9.17, 15) is 4.79 Å². The van der Waals surface area contributed by atoms with Crippen molar-refractivity contribution < 1.29 is 9.90 Å². The maximum absolute atomic E-state index is 11.7. The Balaban J connectivity index is 3.93. The number of aliphatic hydroxyl groups excluding tert-OH is 1. The summed E-state index contributed by atoms with van der Waals surface area (Å²) in [5.74, 6) is 0.118. The Labute approximate surface area is 92.7 Å². The van der Waals surface area contributed by atoms with Gasteiger partial charge < -0.3 is 15.3 Å². The molecule has 0 aliphatic carbocycles. The van der Waals surface area contributed by atoms with E-state index < -0.39 is 0 Å². The van der Waals surface area contributed by atoms with E-state index >= 15 is 0 Å². The minimum absolute atomic E-state index is 0.118. The average molecular weight is 216 g/mol. The van der Waals surface area contributed by atoms with Gasteiger partial charge in [0.2, 0.25) is 5.91 Å². The third kappa shape index (κ3) is 6.47. The molecule has 0 radical (unpaired) electrons. The summed E-state index contributed by atoms with van der Waals surface area (Å²) in [6.07, 6.45) is 1.68. The topological polar surface area (TPSA) is 52.6 Å². The molecule has 15 heavy (non-hydrogen) atoms. The highest BCUT2D eigenvalue weighted by molar-refractivity contribution is 5.78. The fraction of sp³-hybridized carbons (Fsp3) is 0.909. The number of aliphatic hydroxyl groups is 1. The third-order valence-corrected chi connectivity index (χ3v) is 2.20. The molecule has 1 amide bonds. The second-order valence-corrected chi connectivity index (χ2v) is 3.93. The molecular weight excluding hydrogens is 192 g/mol. The van der Waals surface area contributed by atoms with Crippen molar-refractivity contribution in [3.8, 4) is 0 Å². The molecule has 0 rings (SSSR count). The first kappa shape index (κ1) is 14.4. The van der Waals surface area contributed by atoms with E-state index in [2.05, 4.69) is 12.2 Å². The van der Waals surface area contributed by atoms with Crippen LogP contribution >= 0.6 is 0 Å². The Morgan fingerprint density at radius 2 is 2.13 bits per heavy atom. The average Bonchev–Trinajstić information content (AvgIpc) is 2.18. The molecule has 0 heterocycles. The van der Waals surface area contributed by atoms with Crippen LogP contribution in [0.2, 0.25) is 0 Å². The maximum atomic E-state index is 11.7. The molecule has 4 nitrogen and oxygen atoms in total. The van der Waals surface area contributed by atoms with E-state index in [0.29, 0.717) is 19.5 Å². The number of nitrogens with zero attached hydrogens (tertiary/aromatic N) is 1. The Morgan fingerprint density at radius 1 is 1.47 bits per heavy atom. The molecule has 0 aromatic carbocycles. The van der Waals surface area contributed by atoms with Crippen molar-refractivity contribution in [3.05, 3.63) is 0 Å². The van der Waals surface area contributed by atoms with E-state index in [4.69, 9.17) is 5.11 Å². The van der Waals surface area contributed by atoms with Crippen LogP contribution in [0.25, 0.3) is 0 Å². The highest BCUT2D eigenvalue weighted by atomic mass is 16.3. The third-order valence-electron chi connectivity index (χ3n) is 2.20. The van der Waals surface area contributed by atoms with Gasteiger partial charge in [0.15, 0.2) is 0 Å². The predicted octanol–water partition coefficient (Wildman–Crippen LogP) is 0.605. The van der Waals surface area contributed by atoms with Crippen LogP contribution in [0.15, 0.2) is 0 Å². The summed E-state index contributed by atoms with van der Waals surface area (Å²) in [6.45, 7) is 8.11. The van der Waals surface area contributed by atoms with Crippen molar-refractivity contribution >= 4 is 5.91 Å². The number of amides is 1. The Hall–Kier alpha value is -0.610. The number of carbonyl (C=O) groups is 1. The molecule has 2 N–H and O–H groups in total. The monoisotopic (exact) mass is 216 g/mol. The smallest absolute Gasteiger partial charge is 0.236 e. The number of hydrogen-bond donors (Lipinski definition) is 2. The van der Waals surface area contributed by atoms with E-state index in [-0.39, 0.29) is 18.6 Å². The van der Waals surface area contributed by atoms with Crippen LogP contribution in [0.4, 0.5) is 0 Å². The van der Waals surface area contributed by atoms with Gasteiger partial charge in [-0.2, -0.15) is 0 Å². The molecule has 0 unspecified atom stereocenters. The summed E-state index contributed by atoms with van der Waals surface area (Å²) in [6, 6.07) is 0.201. The minimum Gasteiger partial charge on any atom is -0.396 e. The predicted molar refractivity (Wildman–Crippen MR) is 61.7 cm³/mol. The normalized spacial score (nSPS) is 10.7. The lowest BCUT2D eigenvalue weighted by molar-refractivity contribution is -0.132. The van der Waals surface area contributed by atoms with Gasteiger partial charge in [-0.05, 0) is 33.2 Å². The lowest BCUT2D eigenvalue weighted by Gasteiger charge is -2.26. The fourth-order valence-corrected chi connectivity index (χ4v) is 1.39. The molecule has 90 valence electrons. The maximum Gasteiger partial charge on any atom is 0.236 e. The van der Waals surface area contributed by atoms with Gasteiger partial charge in [0, 0.05) is 19.2 Å². The molecule has 4 heteroatoms. The van der Waals surface area contributed by atoms with Crippen LogP contribution in [0, 0.1) is 0 Å². The summed E-state index contributed by atoms with van der Waals surface area (Å²) in [7, 11) is 0. The van der Waals surface area contributed by atoms with Crippen molar-refractivity contribution in [2.45, 2.75) is 39.7 Å². The number of carbonyl (C=O) groups excluding carboxylic acids is 1. The zero-order valence-corrected chi connectivity index (χ0v) is 10.1. The molecule has 0 aromatic rings. The first-order valence-electron chi connectivity index (χ1n) is 5.74. The zero-order chi connectivity index (χ0) is 11.7. The van der Waals surface area contributed by atoms with Crippen LogP contribution in [0.3, 0.4) is 0 Å². The summed E-state index contributed by atoms with van der Waals surface area (Å²) in [5, 5.41) is 11.8. The van der Waals surface area contributed by atoms with Crippen molar-refractivity contribution in [1.82, 2.24) is 10.2 Å². The fourth-order valence-electron chi connectivity index (χ4n) is 1.39. The Kier molecular flexibility index (Phi) is 8.33. The van der Waals surface area contributed by atoms with Gasteiger partial charge in [-0.1, -0.05) is 6.92 Å². The van der Waals surface area contributed by atoms with Gasteiger partial charge in [0.05, 0.1) is 6.54 Å². The summed E-state index contributed by atoms with van der Waals surface area (Å²) in [5.41, 5.74) is 0. The van der Waals surface area contributed by atoms with Gasteiger partial charge in [-0.3, -0.25) is 4.79 Å². The number of nitrogens with one attached hydrogen (secondary N) is 1. The van der Waals surface area contributed by atoms with Gasteiger partial charge in [-0.25, -0.2) is 0 Å². The lowest BCUT2D eigenvalue weighted by atomic mass is 10.2.